The van der Waals surface area contributed by atoms with Gasteiger partial charge in [0.05, 0.1) is 6.04 Å². The Morgan fingerprint density at radius 1 is 1.17 bits per heavy atom. The van der Waals surface area contributed by atoms with E-state index in [1.165, 1.54) is 5.56 Å². The van der Waals surface area contributed by atoms with Crippen molar-refractivity contribution in [1.29, 1.82) is 0 Å². The van der Waals surface area contributed by atoms with Crippen LogP contribution >= 0.6 is 11.3 Å². The maximum atomic E-state index is 12.5. The number of thiophene rings is 1. The molecule has 0 bridgehead atoms. The van der Waals surface area contributed by atoms with Crippen LogP contribution in [0.25, 0.3) is 0 Å². The Bertz CT molecular complexity index is 804. The molecule has 1 amide bonds. The Morgan fingerprint density at radius 2 is 1.88 bits per heavy atom. The minimum absolute atomic E-state index is 0.198. The summed E-state index contributed by atoms with van der Waals surface area (Å²) in [6, 6.07) is 13.8. The molecule has 24 heavy (non-hydrogen) atoms. The molecule has 0 aliphatic rings. The summed E-state index contributed by atoms with van der Waals surface area (Å²) >= 11 is 1.62. The van der Waals surface area contributed by atoms with Crippen molar-refractivity contribution in [1.82, 2.24) is 10.5 Å². The zero-order valence-corrected chi connectivity index (χ0v) is 14.8. The zero-order valence-electron chi connectivity index (χ0n) is 13.9. The van der Waals surface area contributed by atoms with Crippen LogP contribution in [0.5, 0.6) is 0 Å². The molecule has 3 rings (SSSR count). The summed E-state index contributed by atoms with van der Waals surface area (Å²) in [7, 11) is 0. The third-order valence-corrected chi connectivity index (χ3v) is 4.84. The smallest absolute Gasteiger partial charge is 0.274 e. The van der Waals surface area contributed by atoms with E-state index in [1.807, 2.05) is 17.5 Å². The maximum absolute atomic E-state index is 12.5. The fourth-order valence-electron chi connectivity index (χ4n) is 2.53. The van der Waals surface area contributed by atoms with Crippen LogP contribution in [0.2, 0.25) is 0 Å². The molecule has 2 aromatic heterocycles. The molecule has 2 heterocycles. The summed E-state index contributed by atoms with van der Waals surface area (Å²) in [4.78, 5) is 13.6. The van der Waals surface area contributed by atoms with Gasteiger partial charge in [0, 0.05) is 10.9 Å². The van der Waals surface area contributed by atoms with Crippen LogP contribution in [-0.2, 0) is 0 Å². The van der Waals surface area contributed by atoms with Gasteiger partial charge in [-0.25, -0.2) is 0 Å². The predicted octanol–water partition coefficient (Wildman–Crippen LogP) is 4.69. The molecule has 0 saturated carbocycles. The Labute approximate surface area is 145 Å². The average molecular weight is 340 g/mol. The molecule has 4 nitrogen and oxygen atoms in total. The van der Waals surface area contributed by atoms with Gasteiger partial charge in [-0.1, -0.05) is 49.3 Å². The second kappa shape index (κ2) is 7.01. The highest BCUT2D eigenvalue weighted by Crippen LogP contribution is 2.27. The topological polar surface area (TPSA) is 55.1 Å². The standard InChI is InChI=1S/C19H20N2O2S/c1-12(2)14-6-8-15(9-7-14)18(17-5-4-10-24-17)20-19(22)16-11-13(3)23-21-16/h4-12,18H,1-3H3,(H,20,22)/t18-/m0/s1. The lowest BCUT2D eigenvalue weighted by atomic mass is 9.98. The lowest BCUT2D eigenvalue weighted by Gasteiger charge is -2.18. The summed E-state index contributed by atoms with van der Waals surface area (Å²) in [6.45, 7) is 6.10. The van der Waals surface area contributed by atoms with E-state index in [1.54, 1.807) is 24.3 Å². The van der Waals surface area contributed by atoms with E-state index in [9.17, 15) is 4.79 Å². The second-order valence-corrected chi connectivity index (χ2v) is 7.05. The average Bonchev–Trinajstić information content (AvgIpc) is 3.24. The van der Waals surface area contributed by atoms with Gasteiger partial charge in [0.2, 0.25) is 0 Å². The molecule has 0 aliphatic carbocycles. The summed E-state index contributed by atoms with van der Waals surface area (Å²) in [5.74, 6) is 0.860. The van der Waals surface area contributed by atoms with Crippen LogP contribution in [-0.4, -0.2) is 11.1 Å². The molecule has 0 aliphatic heterocycles. The highest BCUT2D eigenvalue weighted by atomic mass is 32.1. The highest BCUT2D eigenvalue weighted by molar-refractivity contribution is 7.10. The van der Waals surface area contributed by atoms with Crippen molar-refractivity contribution < 1.29 is 9.32 Å². The molecule has 1 N–H and O–H groups in total. The van der Waals surface area contributed by atoms with Gasteiger partial charge in [-0.2, -0.15) is 0 Å². The molecular formula is C19H20N2O2S. The van der Waals surface area contributed by atoms with E-state index in [4.69, 9.17) is 4.52 Å². The number of hydrogen-bond acceptors (Lipinski definition) is 4. The Hall–Kier alpha value is -2.40. The summed E-state index contributed by atoms with van der Waals surface area (Å²) in [5.41, 5.74) is 2.63. The lowest BCUT2D eigenvalue weighted by Crippen LogP contribution is -2.29. The van der Waals surface area contributed by atoms with Crippen molar-refractivity contribution in [2.24, 2.45) is 0 Å². The van der Waals surface area contributed by atoms with Crippen molar-refractivity contribution >= 4 is 17.2 Å². The van der Waals surface area contributed by atoms with Gasteiger partial charge in [0.15, 0.2) is 5.69 Å². The minimum atomic E-state index is -0.238. The number of nitrogens with zero attached hydrogens (tertiary/aromatic N) is 1. The third-order valence-electron chi connectivity index (χ3n) is 3.90. The van der Waals surface area contributed by atoms with E-state index in [0.29, 0.717) is 17.4 Å². The molecule has 0 saturated heterocycles. The number of aromatic nitrogens is 1. The van der Waals surface area contributed by atoms with Crippen LogP contribution < -0.4 is 5.32 Å². The van der Waals surface area contributed by atoms with Gasteiger partial charge < -0.3 is 9.84 Å². The van der Waals surface area contributed by atoms with E-state index >= 15 is 0 Å². The highest BCUT2D eigenvalue weighted by Gasteiger charge is 2.20. The van der Waals surface area contributed by atoms with Gasteiger partial charge >= 0.3 is 0 Å². The lowest BCUT2D eigenvalue weighted by molar-refractivity contribution is 0.0934. The van der Waals surface area contributed by atoms with Crippen LogP contribution in [0.4, 0.5) is 0 Å². The summed E-state index contributed by atoms with van der Waals surface area (Å²) < 4.78 is 5.00. The number of nitrogens with one attached hydrogen (secondary N) is 1. The van der Waals surface area contributed by atoms with Crippen molar-refractivity contribution in [3.63, 3.8) is 0 Å². The normalized spacial score (nSPS) is 12.3. The molecule has 0 spiro atoms. The first kappa shape index (κ1) is 16.5. The van der Waals surface area contributed by atoms with Crippen molar-refractivity contribution in [3.8, 4) is 0 Å². The molecule has 1 aromatic carbocycles. The van der Waals surface area contributed by atoms with Crippen LogP contribution in [0, 0.1) is 6.92 Å². The zero-order chi connectivity index (χ0) is 17.1. The quantitative estimate of drug-likeness (QED) is 0.733. The van der Waals surface area contributed by atoms with Crippen LogP contribution in [0.15, 0.2) is 52.4 Å². The number of hydrogen-bond donors (Lipinski definition) is 1. The first-order valence-electron chi connectivity index (χ1n) is 7.92. The molecule has 0 fully saturated rings. The number of carbonyl (C=O) groups excluding carboxylic acids is 1. The largest absolute Gasteiger partial charge is 0.361 e. The Kier molecular flexibility index (Phi) is 4.81. The summed E-state index contributed by atoms with van der Waals surface area (Å²) in [5, 5.41) is 8.87. The van der Waals surface area contributed by atoms with Crippen LogP contribution in [0.3, 0.4) is 0 Å². The minimum Gasteiger partial charge on any atom is -0.361 e. The van der Waals surface area contributed by atoms with Gasteiger partial charge in [0.1, 0.15) is 5.76 Å². The third kappa shape index (κ3) is 3.57. The number of rotatable bonds is 5. The van der Waals surface area contributed by atoms with Gasteiger partial charge in [-0.05, 0) is 35.4 Å². The molecule has 0 radical (unpaired) electrons. The van der Waals surface area contributed by atoms with Gasteiger partial charge in [-0.15, -0.1) is 11.3 Å². The van der Waals surface area contributed by atoms with Crippen molar-refractivity contribution in [3.05, 3.63) is 75.3 Å². The maximum Gasteiger partial charge on any atom is 0.274 e. The first-order chi connectivity index (χ1) is 11.5. The van der Waals surface area contributed by atoms with E-state index < -0.39 is 0 Å². The van der Waals surface area contributed by atoms with E-state index in [2.05, 4.69) is 48.6 Å². The number of amides is 1. The SMILES string of the molecule is Cc1cc(C(=O)N[C@@H](c2ccc(C(C)C)cc2)c2cccs2)no1. The van der Waals surface area contributed by atoms with Crippen molar-refractivity contribution in [2.45, 2.75) is 32.7 Å². The Morgan fingerprint density at radius 3 is 2.42 bits per heavy atom. The van der Waals surface area contributed by atoms with Gasteiger partial charge in [0.25, 0.3) is 5.91 Å². The molecule has 3 aromatic rings. The molecule has 1 atom stereocenters. The van der Waals surface area contributed by atoms with E-state index in [-0.39, 0.29) is 11.9 Å². The fourth-order valence-corrected chi connectivity index (χ4v) is 3.33. The second-order valence-electron chi connectivity index (χ2n) is 6.07. The Balaban J connectivity index is 1.88. The van der Waals surface area contributed by atoms with Crippen molar-refractivity contribution in [2.75, 3.05) is 0 Å². The number of benzene rings is 1. The fraction of sp³-hybridized carbons (Fsp3) is 0.263. The molecule has 124 valence electrons. The molecule has 0 unspecified atom stereocenters. The van der Waals surface area contributed by atoms with E-state index in [0.717, 1.165) is 10.4 Å². The molecular weight excluding hydrogens is 320 g/mol. The predicted molar refractivity (Wildman–Crippen MR) is 95.4 cm³/mol. The number of carbonyl (C=O) groups is 1. The number of aryl methyl sites for hydroxylation is 1. The van der Waals surface area contributed by atoms with Gasteiger partial charge in [-0.3, -0.25) is 4.79 Å². The summed E-state index contributed by atoms with van der Waals surface area (Å²) in [6.07, 6.45) is 0. The molecule has 5 heteroatoms. The van der Waals surface area contributed by atoms with Crippen LogP contribution in [0.1, 0.15) is 58.1 Å². The monoisotopic (exact) mass is 340 g/mol. The first-order valence-corrected chi connectivity index (χ1v) is 8.80.